The molecular formula is C31H39NO5. The number of fused-ring (bicyclic) bond motifs is 4. The van der Waals surface area contributed by atoms with Crippen LogP contribution in [0.1, 0.15) is 70.3 Å². The van der Waals surface area contributed by atoms with Gasteiger partial charge in [0.2, 0.25) is 5.78 Å². The molecular weight excluding hydrogens is 466 g/mol. The van der Waals surface area contributed by atoms with Gasteiger partial charge in [0.15, 0.2) is 11.4 Å². The van der Waals surface area contributed by atoms with Gasteiger partial charge in [0.1, 0.15) is 6.61 Å². The van der Waals surface area contributed by atoms with E-state index in [0.29, 0.717) is 18.8 Å². The molecule has 0 aliphatic heterocycles. The topological polar surface area (TPSA) is 72.9 Å². The third-order valence-corrected chi connectivity index (χ3v) is 9.71. The number of methoxy groups -OCH3 is 1. The fourth-order valence-corrected chi connectivity index (χ4v) is 8.13. The quantitative estimate of drug-likeness (QED) is 0.497. The van der Waals surface area contributed by atoms with E-state index >= 15 is 0 Å². The van der Waals surface area contributed by atoms with Gasteiger partial charge in [0, 0.05) is 51.6 Å². The Kier molecular flexibility index (Phi) is 6.68. The van der Waals surface area contributed by atoms with Gasteiger partial charge in [-0.25, -0.2) is 0 Å². The van der Waals surface area contributed by atoms with E-state index in [1.54, 1.807) is 0 Å². The number of ketones is 2. The number of benzene rings is 1. The molecule has 2 fully saturated rings. The Labute approximate surface area is 220 Å². The van der Waals surface area contributed by atoms with Crippen LogP contribution in [0.3, 0.4) is 0 Å². The van der Waals surface area contributed by atoms with Crippen molar-refractivity contribution in [3.63, 3.8) is 0 Å². The van der Waals surface area contributed by atoms with E-state index in [-0.39, 0.29) is 30.0 Å². The minimum Gasteiger partial charge on any atom is -0.451 e. The van der Waals surface area contributed by atoms with E-state index in [1.165, 1.54) is 36.3 Å². The summed E-state index contributed by atoms with van der Waals surface area (Å²) in [6, 6.07) is 8.72. The average molecular weight is 506 g/mol. The van der Waals surface area contributed by atoms with Crippen LogP contribution < -0.4 is 4.90 Å². The molecule has 0 amide bonds. The summed E-state index contributed by atoms with van der Waals surface area (Å²) < 4.78 is 11.4. The lowest BCUT2D eigenvalue weighted by atomic mass is 9.50. The minimum absolute atomic E-state index is 0.0641. The zero-order chi connectivity index (χ0) is 26.5. The molecule has 0 radical (unpaired) electrons. The Morgan fingerprint density at radius 2 is 1.81 bits per heavy atom. The zero-order valence-corrected chi connectivity index (χ0v) is 22.8. The average Bonchev–Trinajstić information content (AvgIpc) is 3.15. The van der Waals surface area contributed by atoms with E-state index in [9.17, 15) is 14.4 Å². The molecule has 0 spiro atoms. The van der Waals surface area contributed by atoms with Crippen LogP contribution in [0.25, 0.3) is 0 Å². The lowest BCUT2D eigenvalue weighted by molar-refractivity contribution is -0.185. The maximum Gasteiger partial charge on any atom is 0.303 e. The first kappa shape index (κ1) is 25.9. The first-order chi connectivity index (χ1) is 17.6. The second-order valence-electron chi connectivity index (χ2n) is 11.8. The fourth-order valence-electron chi connectivity index (χ4n) is 8.13. The molecule has 5 atom stereocenters. The number of hydrogen-bond acceptors (Lipinski definition) is 6. The van der Waals surface area contributed by atoms with Crippen molar-refractivity contribution in [1.82, 2.24) is 0 Å². The highest BCUT2D eigenvalue weighted by atomic mass is 16.6. The maximum atomic E-state index is 13.7. The lowest BCUT2D eigenvalue weighted by Gasteiger charge is -2.55. The van der Waals surface area contributed by atoms with Crippen LogP contribution in [0, 0.1) is 17.3 Å². The molecule has 37 heavy (non-hydrogen) atoms. The monoisotopic (exact) mass is 505 g/mol. The second-order valence-corrected chi connectivity index (χ2v) is 11.8. The van der Waals surface area contributed by atoms with Gasteiger partial charge in [-0.15, -0.1) is 0 Å². The number of allylic oxidation sites excluding steroid dienone is 4. The second kappa shape index (κ2) is 9.54. The first-order valence-corrected chi connectivity index (χ1v) is 13.6. The van der Waals surface area contributed by atoms with E-state index in [1.807, 2.05) is 20.2 Å². The van der Waals surface area contributed by atoms with Crippen LogP contribution in [-0.2, 0) is 23.9 Å². The summed E-state index contributed by atoms with van der Waals surface area (Å²) in [7, 11) is 5.59. The summed E-state index contributed by atoms with van der Waals surface area (Å²) in [5.41, 5.74) is 4.70. The highest BCUT2D eigenvalue weighted by Gasteiger charge is 2.68. The van der Waals surface area contributed by atoms with Gasteiger partial charge in [0.05, 0.1) is 0 Å². The van der Waals surface area contributed by atoms with Crippen LogP contribution in [-0.4, -0.2) is 50.9 Å². The van der Waals surface area contributed by atoms with Crippen molar-refractivity contribution in [1.29, 1.82) is 0 Å². The predicted molar refractivity (Wildman–Crippen MR) is 142 cm³/mol. The van der Waals surface area contributed by atoms with Crippen molar-refractivity contribution < 1.29 is 23.9 Å². The largest absolute Gasteiger partial charge is 0.451 e. The third kappa shape index (κ3) is 4.08. The van der Waals surface area contributed by atoms with E-state index in [0.717, 1.165) is 37.8 Å². The molecule has 4 aliphatic carbocycles. The standard InChI is InChI=1S/C31H39NO5/c1-19(33)37-31(28(35)18-36-5)15-14-27-25-12-8-21-16-23(34)11-13-24(21)29(25)26(17-30(27,31)2)20-6-9-22(10-7-20)32(3)4/h6-7,9-10,16,25-27H,8,11-15,17-18H2,1-5H3/t25-,26+,27-,30-,31+/m0/s1. The summed E-state index contributed by atoms with van der Waals surface area (Å²) in [6.07, 6.45) is 7.17. The number of carbonyl (C=O) groups excluding carboxylic acids is 3. The van der Waals surface area contributed by atoms with Crippen LogP contribution >= 0.6 is 0 Å². The Morgan fingerprint density at radius 3 is 2.46 bits per heavy atom. The van der Waals surface area contributed by atoms with Gasteiger partial charge in [-0.1, -0.05) is 24.6 Å². The molecule has 0 bridgehead atoms. The van der Waals surface area contributed by atoms with Crippen LogP contribution in [0.15, 0.2) is 47.1 Å². The van der Waals surface area contributed by atoms with Gasteiger partial charge in [-0.2, -0.15) is 0 Å². The number of anilines is 1. The number of hydrogen-bond donors (Lipinski definition) is 0. The summed E-state index contributed by atoms with van der Waals surface area (Å²) in [5.74, 6) is 0.301. The van der Waals surface area contributed by atoms with Gasteiger partial charge >= 0.3 is 5.97 Å². The molecule has 2 saturated carbocycles. The summed E-state index contributed by atoms with van der Waals surface area (Å²) in [6.45, 7) is 3.52. The molecule has 1 aromatic carbocycles. The van der Waals surface area contributed by atoms with E-state index < -0.39 is 17.0 Å². The molecule has 1 aromatic rings. The van der Waals surface area contributed by atoms with Gasteiger partial charge in [-0.05, 0) is 85.3 Å². The highest BCUT2D eigenvalue weighted by Crippen LogP contribution is 2.67. The van der Waals surface area contributed by atoms with E-state index in [4.69, 9.17) is 9.47 Å². The summed E-state index contributed by atoms with van der Waals surface area (Å²) >= 11 is 0. The van der Waals surface area contributed by atoms with Crippen molar-refractivity contribution >= 4 is 23.2 Å². The van der Waals surface area contributed by atoms with Crippen molar-refractivity contribution in [3.05, 3.63) is 52.6 Å². The molecule has 6 nitrogen and oxygen atoms in total. The summed E-state index contributed by atoms with van der Waals surface area (Å²) in [4.78, 5) is 40.5. The minimum atomic E-state index is -1.18. The number of esters is 1. The normalized spacial score (nSPS) is 32.7. The number of Topliss-reactive ketones (excluding diaryl/α,β-unsaturated/α-hetero) is 1. The molecule has 0 unspecified atom stereocenters. The van der Waals surface area contributed by atoms with E-state index in [2.05, 4.69) is 36.1 Å². The Bertz CT molecular complexity index is 1180. The molecule has 4 aliphatic rings. The van der Waals surface area contributed by atoms with Crippen LogP contribution in [0.4, 0.5) is 5.69 Å². The lowest BCUT2D eigenvalue weighted by Crippen LogP contribution is -2.58. The molecule has 0 N–H and O–H groups in total. The smallest absolute Gasteiger partial charge is 0.303 e. The number of ether oxygens (including phenoxy) is 2. The van der Waals surface area contributed by atoms with Gasteiger partial charge < -0.3 is 14.4 Å². The number of nitrogens with zero attached hydrogens (tertiary/aromatic N) is 1. The van der Waals surface area contributed by atoms with Crippen molar-refractivity contribution in [2.45, 2.75) is 70.3 Å². The van der Waals surface area contributed by atoms with Crippen LogP contribution in [0.2, 0.25) is 0 Å². The predicted octanol–water partition coefficient (Wildman–Crippen LogP) is 5.17. The Balaban J connectivity index is 1.68. The molecule has 0 heterocycles. The van der Waals surface area contributed by atoms with Crippen molar-refractivity contribution in [2.24, 2.45) is 17.3 Å². The van der Waals surface area contributed by atoms with Crippen LogP contribution in [0.5, 0.6) is 0 Å². The highest BCUT2D eigenvalue weighted by molar-refractivity contribution is 5.93. The molecule has 0 aromatic heterocycles. The Hall–Kier alpha value is -2.73. The van der Waals surface area contributed by atoms with Gasteiger partial charge in [0.25, 0.3) is 0 Å². The molecule has 6 heteroatoms. The van der Waals surface area contributed by atoms with Crippen molar-refractivity contribution in [3.8, 4) is 0 Å². The summed E-state index contributed by atoms with van der Waals surface area (Å²) in [5, 5.41) is 0. The number of rotatable bonds is 6. The molecule has 0 saturated heterocycles. The van der Waals surface area contributed by atoms with Crippen molar-refractivity contribution in [2.75, 3.05) is 32.7 Å². The third-order valence-electron chi connectivity index (χ3n) is 9.71. The fraction of sp³-hybridized carbons (Fsp3) is 0.581. The molecule has 5 rings (SSSR count). The SMILES string of the molecule is COCC(=O)[C@]1(OC(C)=O)CC[C@H]2[C@@H]3CCC4=CC(=O)CCC4=C3[C@@H](c3ccc(N(C)C)cc3)C[C@@]21C. The maximum absolute atomic E-state index is 13.7. The van der Waals surface area contributed by atoms with Gasteiger partial charge in [-0.3, -0.25) is 14.4 Å². The first-order valence-electron chi connectivity index (χ1n) is 13.6. The number of carbonyl (C=O) groups is 3. The Morgan fingerprint density at radius 1 is 1.08 bits per heavy atom. The zero-order valence-electron chi connectivity index (χ0n) is 22.8. The molecule has 198 valence electrons.